The summed E-state index contributed by atoms with van der Waals surface area (Å²) in [5.41, 5.74) is 0. The third kappa shape index (κ3) is 1.81. The molecule has 0 bridgehead atoms. The summed E-state index contributed by atoms with van der Waals surface area (Å²) in [4.78, 5) is 18.0. The van der Waals surface area contributed by atoms with Crippen molar-refractivity contribution in [2.24, 2.45) is 0 Å². The van der Waals surface area contributed by atoms with Gasteiger partial charge in [0.05, 0.1) is 6.20 Å². The Kier molecular flexibility index (Phi) is 1.94. The highest BCUT2D eigenvalue weighted by molar-refractivity contribution is 5.87. The number of nitrogens with one attached hydrogen (secondary N) is 1. The summed E-state index contributed by atoms with van der Waals surface area (Å²) in [7, 11) is 0. The molecule has 1 heterocycles. The molecule has 1 rings (SSSR count). The maximum absolute atomic E-state index is 10.4. The summed E-state index contributed by atoms with van der Waals surface area (Å²) < 4.78 is 0. The molecule has 4 heteroatoms. The largest absolute Gasteiger partial charge is 0.310 e. The molecular weight excluding hydrogens is 130 g/mol. The van der Waals surface area contributed by atoms with Gasteiger partial charge < -0.3 is 5.32 Å². The topological polar surface area (TPSA) is 54.9 Å². The van der Waals surface area contributed by atoms with Crippen molar-refractivity contribution < 1.29 is 4.79 Å². The SMILES string of the molecule is CC(=O)Nc1cnccn1. The molecule has 0 aliphatic carbocycles. The van der Waals surface area contributed by atoms with Crippen molar-refractivity contribution in [2.45, 2.75) is 6.92 Å². The molecule has 0 fully saturated rings. The smallest absolute Gasteiger partial charge is 0.222 e. The summed E-state index contributed by atoms with van der Waals surface area (Å²) in [5.74, 6) is 0.343. The van der Waals surface area contributed by atoms with E-state index in [1.54, 1.807) is 6.20 Å². The number of hydrogen-bond donors (Lipinski definition) is 1. The summed E-state index contributed by atoms with van der Waals surface area (Å²) >= 11 is 0. The normalized spacial score (nSPS) is 8.90. The number of aromatic nitrogens is 2. The second-order valence-electron chi connectivity index (χ2n) is 1.77. The van der Waals surface area contributed by atoms with Gasteiger partial charge in [0.1, 0.15) is 0 Å². The molecule has 0 saturated carbocycles. The third-order valence-electron chi connectivity index (χ3n) is 0.867. The minimum absolute atomic E-state index is 0.138. The van der Waals surface area contributed by atoms with Gasteiger partial charge in [-0.1, -0.05) is 0 Å². The minimum Gasteiger partial charge on any atom is -0.310 e. The zero-order valence-corrected chi connectivity index (χ0v) is 5.53. The lowest BCUT2D eigenvalue weighted by Gasteiger charge is -1.96. The zero-order chi connectivity index (χ0) is 7.40. The molecule has 0 unspecified atom stereocenters. The highest BCUT2D eigenvalue weighted by atomic mass is 16.1. The van der Waals surface area contributed by atoms with Gasteiger partial charge in [0.2, 0.25) is 5.91 Å². The Morgan fingerprint density at radius 2 is 2.40 bits per heavy atom. The lowest BCUT2D eigenvalue weighted by Crippen LogP contribution is -2.07. The molecule has 10 heavy (non-hydrogen) atoms. The van der Waals surface area contributed by atoms with Crippen LogP contribution in [0.1, 0.15) is 6.92 Å². The molecule has 52 valence electrons. The van der Waals surface area contributed by atoms with Crippen molar-refractivity contribution in [2.75, 3.05) is 5.32 Å². The van der Waals surface area contributed by atoms with E-state index in [4.69, 9.17) is 0 Å². The standard InChI is InChI=1S/C6H7N3O/c1-5(10)9-6-4-7-2-3-8-6/h2-4H,1H3,(H,8,9,10). The minimum atomic E-state index is -0.138. The van der Waals surface area contributed by atoms with Gasteiger partial charge in [-0.05, 0) is 0 Å². The number of carbonyl (C=O) groups excluding carboxylic acids is 1. The molecule has 0 saturated heterocycles. The van der Waals surface area contributed by atoms with E-state index < -0.39 is 0 Å². The first kappa shape index (κ1) is 6.67. The van der Waals surface area contributed by atoms with Crippen LogP contribution in [-0.2, 0) is 4.79 Å². The average Bonchev–Trinajstić information content (AvgIpc) is 1.88. The molecule has 0 atom stereocenters. The number of nitrogens with zero attached hydrogens (tertiary/aromatic N) is 2. The van der Waals surface area contributed by atoms with Crippen LogP contribution in [-0.4, -0.2) is 15.9 Å². The Labute approximate surface area is 58.3 Å². The van der Waals surface area contributed by atoms with E-state index in [-0.39, 0.29) is 5.91 Å². The van der Waals surface area contributed by atoms with Crippen LogP contribution in [0.2, 0.25) is 0 Å². The molecule has 0 aliphatic rings. The maximum atomic E-state index is 10.4. The zero-order valence-electron chi connectivity index (χ0n) is 5.53. The Morgan fingerprint density at radius 3 is 2.90 bits per heavy atom. The van der Waals surface area contributed by atoms with Crippen LogP contribution in [0.4, 0.5) is 5.82 Å². The van der Waals surface area contributed by atoms with Crippen LogP contribution < -0.4 is 5.32 Å². The third-order valence-corrected chi connectivity index (χ3v) is 0.867. The maximum Gasteiger partial charge on any atom is 0.222 e. The van der Waals surface area contributed by atoms with E-state index in [9.17, 15) is 4.79 Å². The van der Waals surface area contributed by atoms with Gasteiger partial charge in [-0.2, -0.15) is 0 Å². The molecule has 1 aromatic heterocycles. The molecule has 1 amide bonds. The first-order valence-electron chi connectivity index (χ1n) is 2.82. The van der Waals surface area contributed by atoms with E-state index in [1.165, 1.54) is 19.3 Å². The van der Waals surface area contributed by atoms with Gasteiger partial charge in [0, 0.05) is 19.3 Å². The van der Waals surface area contributed by atoms with Gasteiger partial charge in [0.25, 0.3) is 0 Å². The van der Waals surface area contributed by atoms with E-state index in [0.29, 0.717) is 5.82 Å². The van der Waals surface area contributed by atoms with Gasteiger partial charge in [0.15, 0.2) is 5.82 Å². The fraction of sp³-hybridized carbons (Fsp3) is 0.167. The number of anilines is 1. The summed E-state index contributed by atoms with van der Waals surface area (Å²) in [6.07, 6.45) is 4.55. The predicted molar refractivity (Wildman–Crippen MR) is 36.3 cm³/mol. The van der Waals surface area contributed by atoms with Crippen LogP contribution >= 0.6 is 0 Å². The van der Waals surface area contributed by atoms with Crippen LogP contribution in [0.15, 0.2) is 18.6 Å². The van der Waals surface area contributed by atoms with Crippen LogP contribution in [0.3, 0.4) is 0 Å². The summed E-state index contributed by atoms with van der Waals surface area (Å²) in [5, 5.41) is 2.49. The van der Waals surface area contributed by atoms with E-state index in [1.807, 2.05) is 0 Å². The molecule has 0 spiro atoms. The monoisotopic (exact) mass is 137 g/mol. The Balaban J connectivity index is 2.67. The second kappa shape index (κ2) is 2.91. The van der Waals surface area contributed by atoms with Gasteiger partial charge >= 0.3 is 0 Å². The number of rotatable bonds is 1. The number of amides is 1. The van der Waals surface area contributed by atoms with Crippen LogP contribution in [0, 0.1) is 0 Å². The molecular formula is C6H7N3O. The fourth-order valence-corrected chi connectivity index (χ4v) is 0.544. The molecule has 1 N–H and O–H groups in total. The van der Waals surface area contributed by atoms with Crippen molar-refractivity contribution in [1.82, 2.24) is 9.97 Å². The van der Waals surface area contributed by atoms with Gasteiger partial charge in [-0.15, -0.1) is 0 Å². The Bertz CT molecular complexity index is 222. The molecule has 0 aliphatic heterocycles. The quantitative estimate of drug-likeness (QED) is 0.610. The molecule has 0 radical (unpaired) electrons. The highest BCUT2D eigenvalue weighted by Gasteiger charge is 1.92. The van der Waals surface area contributed by atoms with Crippen molar-refractivity contribution in [1.29, 1.82) is 0 Å². The summed E-state index contributed by atoms with van der Waals surface area (Å²) in [6.45, 7) is 1.43. The van der Waals surface area contributed by atoms with Crippen LogP contribution in [0.25, 0.3) is 0 Å². The lowest BCUT2D eigenvalue weighted by atomic mass is 10.6. The van der Waals surface area contributed by atoms with Crippen LogP contribution in [0.5, 0.6) is 0 Å². The first-order valence-corrected chi connectivity index (χ1v) is 2.82. The average molecular weight is 137 g/mol. The summed E-state index contributed by atoms with van der Waals surface area (Å²) in [6, 6.07) is 0. The number of hydrogen-bond acceptors (Lipinski definition) is 3. The molecule has 4 nitrogen and oxygen atoms in total. The van der Waals surface area contributed by atoms with E-state index in [2.05, 4.69) is 15.3 Å². The van der Waals surface area contributed by atoms with Crippen molar-refractivity contribution in [3.05, 3.63) is 18.6 Å². The van der Waals surface area contributed by atoms with Crippen molar-refractivity contribution in [3.8, 4) is 0 Å². The van der Waals surface area contributed by atoms with E-state index in [0.717, 1.165) is 0 Å². The lowest BCUT2D eigenvalue weighted by molar-refractivity contribution is -0.114. The second-order valence-corrected chi connectivity index (χ2v) is 1.77. The Hall–Kier alpha value is -1.45. The van der Waals surface area contributed by atoms with Crippen molar-refractivity contribution >= 4 is 11.7 Å². The fourth-order valence-electron chi connectivity index (χ4n) is 0.544. The van der Waals surface area contributed by atoms with Gasteiger partial charge in [-0.3, -0.25) is 9.78 Å². The predicted octanol–water partition coefficient (Wildman–Crippen LogP) is 0.435. The number of carbonyl (C=O) groups is 1. The van der Waals surface area contributed by atoms with E-state index >= 15 is 0 Å². The first-order chi connectivity index (χ1) is 4.79. The Morgan fingerprint density at radius 1 is 1.60 bits per heavy atom. The molecule has 0 aromatic carbocycles. The molecule has 1 aromatic rings. The van der Waals surface area contributed by atoms with Gasteiger partial charge in [-0.25, -0.2) is 4.98 Å². The van der Waals surface area contributed by atoms with Crippen molar-refractivity contribution in [3.63, 3.8) is 0 Å². The highest BCUT2D eigenvalue weighted by Crippen LogP contribution is 1.94.